The van der Waals surface area contributed by atoms with Crippen molar-refractivity contribution in [3.05, 3.63) is 59.7 Å². The number of ether oxygens (including phenoxy) is 1. The van der Waals surface area contributed by atoms with Crippen LogP contribution in [0, 0.1) is 0 Å². The van der Waals surface area contributed by atoms with Gasteiger partial charge in [-0.15, -0.1) is 0 Å². The molecule has 0 saturated heterocycles. The van der Waals surface area contributed by atoms with Crippen molar-refractivity contribution >= 4 is 17.3 Å². The molecule has 0 aromatic heterocycles. The molecule has 2 aromatic carbocycles. The fourth-order valence-corrected chi connectivity index (χ4v) is 2.13. The van der Waals surface area contributed by atoms with Gasteiger partial charge in [0.2, 0.25) is 0 Å². The van der Waals surface area contributed by atoms with E-state index in [-0.39, 0.29) is 0 Å². The van der Waals surface area contributed by atoms with E-state index in [9.17, 15) is 4.79 Å². The van der Waals surface area contributed by atoms with Crippen LogP contribution in [-0.2, 0) is 11.3 Å². The van der Waals surface area contributed by atoms with Crippen LogP contribution in [0.15, 0.2) is 48.5 Å². The van der Waals surface area contributed by atoms with Crippen LogP contribution in [0.1, 0.15) is 15.9 Å². The average Bonchev–Trinajstić information content (AvgIpc) is 2.47. The number of hydrogen-bond donors (Lipinski definition) is 1. The van der Waals surface area contributed by atoms with Crippen molar-refractivity contribution in [1.82, 2.24) is 0 Å². The molecule has 2 rings (SSSR count). The standard InChI is InChI=1S/C16H18N2O2/c1-18(13-8-4-3-5-9-13)11-12-7-6-10-14(17)15(12)16(19)20-2/h3-10H,11,17H2,1-2H3. The summed E-state index contributed by atoms with van der Waals surface area (Å²) in [4.78, 5) is 13.9. The number of esters is 1. The molecule has 0 spiro atoms. The predicted molar refractivity (Wildman–Crippen MR) is 80.7 cm³/mol. The molecule has 0 bridgehead atoms. The summed E-state index contributed by atoms with van der Waals surface area (Å²) < 4.78 is 4.81. The third-order valence-electron chi connectivity index (χ3n) is 3.18. The third kappa shape index (κ3) is 2.91. The van der Waals surface area contributed by atoms with Crippen molar-refractivity contribution in [3.63, 3.8) is 0 Å². The fourth-order valence-electron chi connectivity index (χ4n) is 2.13. The zero-order chi connectivity index (χ0) is 14.5. The third-order valence-corrected chi connectivity index (χ3v) is 3.18. The first-order valence-electron chi connectivity index (χ1n) is 6.35. The van der Waals surface area contributed by atoms with Gasteiger partial charge in [-0.05, 0) is 23.8 Å². The van der Waals surface area contributed by atoms with E-state index in [4.69, 9.17) is 10.5 Å². The monoisotopic (exact) mass is 270 g/mol. The number of anilines is 2. The van der Waals surface area contributed by atoms with Crippen LogP contribution < -0.4 is 10.6 Å². The summed E-state index contributed by atoms with van der Waals surface area (Å²) in [5.41, 5.74) is 8.70. The predicted octanol–water partition coefficient (Wildman–Crippen LogP) is 2.69. The van der Waals surface area contributed by atoms with Gasteiger partial charge in [-0.25, -0.2) is 4.79 Å². The first kappa shape index (κ1) is 13.9. The molecule has 0 aliphatic carbocycles. The summed E-state index contributed by atoms with van der Waals surface area (Å²) in [6.07, 6.45) is 0. The number of carbonyl (C=O) groups excluding carboxylic acids is 1. The average molecular weight is 270 g/mol. The summed E-state index contributed by atoms with van der Waals surface area (Å²) in [6, 6.07) is 15.4. The van der Waals surface area contributed by atoms with E-state index in [2.05, 4.69) is 4.90 Å². The van der Waals surface area contributed by atoms with Crippen LogP contribution >= 0.6 is 0 Å². The summed E-state index contributed by atoms with van der Waals surface area (Å²) in [5.74, 6) is -0.403. The molecule has 2 aromatic rings. The molecule has 0 atom stereocenters. The molecule has 20 heavy (non-hydrogen) atoms. The van der Waals surface area contributed by atoms with Gasteiger partial charge in [-0.3, -0.25) is 0 Å². The summed E-state index contributed by atoms with van der Waals surface area (Å²) >= 11 is 0. The van der Waals surface area contributed by atoms with Gasteiger partial charge in [-0.2, -0.15) is 0 Å². The Kier molecular flexibility index (Phi) is 4.25. The molecule has 104 valence electrons. The van der Waals surface area contributed by atoms with Crippen molar-refractivity contribution in [3.8, 4) is 0 Å². The molecular weight excluding hydrogens is 252 g/mol. The van der Waals surface area contributed by atoms with Crippen LogP contribution in [0.2, 0.25) is 0 Å². The SMILES string of the molecule is COC(=O)c1c(N)cccc1CN(C)c1ccccc1. The van der Waals surface area contributed by atoms with E-state index in [0.29, 0.717) is 17.8 Å². The van der Waals surface area contributed by atoms with E-state index in [1.807, 2.05) is 49.5 Å². The van der Waals surface area contributed by atoms with E-state index < -0.39 is 5.97 Å². The van der Waals surface area contributed by atoms with Gasteiger partial charge in [0.25, 0.3) is 0 Å². The molecule has 2 N–H and O–H groups in total. The van der Waals surface area contributed by atoms with E-state index in [0.717, 1.165) is 11.3 Å². The van der Waals surface area contributed by atoms with Gasteiger partial charge in [-0.1, -0.05) is 30.3 Å². The number of methoxy groups -OCH3 is 1. The number of carbonyl (C=O) groups is 1. The Balaban J connectivity index is 2.30. The lowest BCUT2D eigenvalue weighted by Crippen LogP contribution is -2.19. The highest BCUT2D eigenvalue weighted by Crippen LogP contribution is 2.22. The molecule has 0 unspecified atom stereocenters. The van der Waals surface area contributed by atoms with Gasteiger partial charge >= 0.3 is 5.97 Å². The van der Waals surface area contributed by atoms with Crippen LogP contribution in [0.4, 0.5) is 11.4 Å². The molecule has 0 amide bonds. The fraction of sp³-hybridized carbons (Fsp3) is 0.188. The number of benzene rings is 2. The maximum absolute atomic E-state index is 11.9. The second kappa shape index (κ2) is 6.10. The number of rotatable bonds is 4. The smallest absolute Gasteiger partial charge is 0.340 e. The summed E-state index contributed by atoms with van der Waals surface area (Å²) in [5, 5.41) is 0. The quantitative estimate of drug-likeness (QED) is 0.685. The van der Waals surface area contributed by atoms with Crippen molar-refractivity contribution in [1.29, 1.82) is 0 Å². The van der Waals surface area contributed by atoms with Gasteiger partial charge in [0.1, 0.15) is 0 Å². The summed E-state index contributed by atoms with van der Waals surface area (Å²) in [6.45, 7) is 0.583. The van der Waals surface area contributed by atoms with Crippen molar-refractivity contribution < 1.29 is 9.53 Å². The molecule has 0 aliphatic rings. The zero-order valence-electron chi connectivity index (χ0n) is 11.7. The van der Waals surface area contributed by atoms with Gasteiger partial charge in [0.15, 0.2) is 0 Å². The van der Waals surface area contributed by atoms with Gasteiger partial charge < -0.3 is 15.4 Å². The van der Waals surface area contributed by atoms with Crippen molar-refractivity contribution in [2.24, 2.45) is 0 Å². The topological polar surface area (TPSA) is 55.6 Å². The highest BCUT2D eigenvalue weighted by molar-refractivity contribution is 5.96. The molecule has 0 saturated carbocycles. The number of nitrogens with two attached hydrogens (primary N) is 1. The molecule has 0 fully saturated rings. The lowest BCUT2D eigenvalue weighted by atomic mass is 10.0. The van der Waals surface area contributed by atoms with E-state index >= 15 is 0 Å². The largest absolute Gasteiger partial charge is 0.465 e. The molecule has 4 heteroatoms. The Hall–Kier alpha value is -2.49. The van der Waals surface area contributed by atoms with Crippen LogP contribution in [-0.4, -0.2) is 20.1 Å². The number of hydrogen-bond acceptors (Lipinski definition) is 4. The second-order valence-corrected chi connectivity index (χ2v) is 4.56. The van der Waals surface area contributed by atoms with Crippen molar-refractivity contribution in [2.75, 3.05) is 24.8 Å². The number of nitrogen functional groups attached to an aromatic ring is 1. The molecular formula is C16H18N2O2. The minimum Gasteiger partial charge on any atom is -0.465 e. The Morgan fingerprint density at radius 1 is 1.15 bits per heavy atom. The second-order valence-electron chi connectivity index (χ2n) is 4.56. The zero-order valence-corrected chi connectivity index (χ0v) is 11.7. The summed E-state index contributed by atoms with van der Waals surface area (Å²) in [7, 11) is 3.33. The van der Waals surface area contributed by atoms with Gasteiger partial charge in [0, 0.05) is 25.0 Å². The number of para-hydroxylation sites is 1. The lowest BCUT2D eigenvalue weighted by molar-refractivity contribution is 0.0600. The van der Waals surface area contributed by atoms with Crippen LogP contribution in [0.5, 0.6) is 0 Å². The Morgan fingerprint density at radius 2 is 1.85 bits per heavy atom. The van der Waals surface area contributed by atoms with E-state index in [1.54, 1.807) is 6.07 Å². The normalized spacial score (nSPS) is 10.1. The Morgan fingerprint density at radius 3 is 2.50 bits per heavy atom. The van der Waals surface area contributed by atoms with E-state index in [1.165, 1.54) is 7.11 Å². The minimum absolute atomic E-state index is 0.403. The lowest BCUT2D eigenvalue weighted by Gasteiger charge is -2.21. The molecule has 0 aliphatic heterocycles. The molecule has 4 nitrogen and oxygen atoms in total. The minimum atomic E-state index is -0.403. The first-order chi connectivity index (χ1) is 9.63. The first-order valence-corrected chi connectivity index (χ1v) is 6.35. The van der Waals surface area contributed by atoms with Crippen LogP contribution in [0.3, 0.4) is 0 Å². The maximum atomic E-state index is 11.9. The van der Waals surface area contributed by atoms with Crippen molar-refractivity contribution in [2.45, 2.75) is 6.54 Å². The Bertz CT molecular complexity index is 597. The Labute approximate surface area is 118 Å². The molecule has 0 radical (unpaired) electrons. The highest BCUT2D eigenvalue weighted by Gasteiger charge is 2.16. The van der Waals surface area contributed by atoms with Gasteiger partial charge in [0.05, 0.1) is 12.7 Å². The van der Waals surface area contributed by atoms with Crippen LogP contribution in [0.25, 0.3) is 0 Å². The highest BCUT2D eigenvalue weighted by atomic mass is 16.5. The maximum Gasteiger partial charge on any atom is 0.340 e. The number of nitrogens with zero attached hydrogens (tertiary/aromatic N) is 1. The molecule has 0 heterocycles.